The number of thioether (sulfide) groups is 1. The number of rotatable bonds is 3. The minimum absolute atomic E-state index is 0.142. The maximum atomic E-state index is 9.19. The third-order valence-electron chi connectivity index (χ3n) is 3.36. The fourth-order valence-corrected chi connectivity index (χ4v) is 3.69. The van der Waals surface area contributed by atoms with Crippen molar-refractivity contribution in [2.24, 2.45) is 0 Å². The van der Waals surface area contributed by atoms with Crippen molar-refractivity contribution in [1.82, 2.24) is 14.5 Å². The fraction of sp³-hybridized carbons (Fsp3) is 0.538. The van der Waals surface area contributed by atoms with E-state index in [1.807, 2.05) is 30.1 Å². The molecule has 0 aliphatic carbocycles. The molecule has 18 heavy (non-hydrogen) atoms. The lowest BCUT2D eigenvalue weighted by molar-refractivity contribution is 0.293. The molecule has 1 unspecified atom stereocenters. The van der Waals surface area contributed by atoms with E-state index in [1.54, 1.807) is 0 Å². The molecular weight excluding hydrogens is 246 g/mol. The molecule has 96 valence electrons. The maximum Gasteiger partial charge on any atom is 0.160 e. The molecule has 5 heteroatoms. The van der Waals surface area contributed by atoms with Crippen molar-refractivity contribution < 1.29 is 5.11 Å². The van der Waals surface area contributed by atoms with Gasteiger partial charge in [-0.2, -0.15) is 11.8 Å². The van der Waals surface area contributed by atoms with E-state index in [-0.39, 0.29) is 6.61 Å². The van der Waals surface area contributed by atoms with Crippen molar-refractivity contribution in [3.8, 4) is 0 Å². The number of pyridine rings is 1. The monoisotopic (exact) mass is 263 g/mol. The summed E-state index contributed by atoms with van der Waals surface area (Å²) in [5, 5.41) is 9.19. The molecule has 0 amide bonds. The van der Waals surface area contributed by atoms with E-state index in [4.69, 9.17) is 0 Å². The average molecular weight is 263 g/mol. The van der Waals surface area contributed by atoms with Gasteiger partial charge in [-0.15, -0.1) is 0 Å². The summed E-state index contributed by atoms with van der Waals surface area (Å²) in [5.74, 6) is 3.35. The van der Waals surface area contributed by atoms with E-state index in [0.717, 1.165) is 22.7 Å². The van der Waals surface area contributed by atoms with Crippen LogP contribution in [0.15, 0.2) is 18.3 Å². The van der Waals surface area contributed by atoms with Crippen molar-refractivity contribution in [1.29, 1.82) is 0 Å². The van der Waals surface area contributed by atoms with E-state index < -0.39 is 0 Å². The Bertz CT molecular complexity index is 534. The first-order valence-electron chi connectivity index (χ1n) is 6.40. The third-order valence-corrected chi connectivity index (χ3v) is 4.56. The standard InChI is InChI=1S/C13H17N3OS/c17-7-5-12-15-11-4-1-6-14-13(11)16(12)10-3-2-8-18-9-10/h1,4,6,10,17H,2-3,5,7-9H2. The third kappa shape index (κ3) is 2.12. The quantitative estimate of drug-likeness (QED) is 0.920. The fourth-order valence-electron chi connectivity index (χ4n) is 2.56. The summed E-state index contributed by atoms with van der Waals surface area (Å²) in [5.41, 5.74) is 1.91. The van der Waals surface area contributed by atoms with Crippen molar-refractivity contribution in [2.75, 3.05) is 18.1 Å². The Morgan fingerprint density at radius 3 is 3.22 bits per heavy atom. The number of aliphatic hydroxyl groups excluding tert-OH is 1. The van der Waals surface area contributed by atoms with Crippen molar-refractivity contribution >= 4 is 22.9 Å². The largest absolute Gasteiger partial charge is 0.396 e. The SMILES string of the molecule is OCCc1nc2cccnc2n1C1CCCSC1. The lowest BCUT2D eigenvalue weighted by Gasteiger charge is -2.24. The summed E-state index contributed by atoms with van der Waals surface area (Å²) < 4.78 is 2.25. The highest BCUT2D eigenvalue weighted by molar-refractivity contribution is 7.99. The van der Waals surface area contributed by atoms with Gasteiger partial charge >= 0.3 is 0 Å². The topological polar surface area (TPSA) is 50.9 Å². The minimum Gasteiger partial charge on any atom is -0.396 e. The molecule has 2 aromatic rings. The van der Waals surface area contributed by atoms with Gasteiger partial charge in [-0.1, -0.05) is 0 Å². The first-order chi connectivity index (χ1) is 8.90. The van der Waals surface area contributed by atoms with E-state index >= 15 is 0 Å². The van der Waals surface area contributed by atoms with Gasteiger partial charge in [-0.3, -0.25) is 0 Å². The molecule has 2 aromatic heterocycles. The van der Waals surface area contributed by atoms with Crippen LogP contribution in [0.1, 0.15) is 24.7 Å². The number of hydrogen-bond acceptors (Lipinski definition) is 4. The number of nitrogens with zero attached hydrogens (tertiary/aromatic N) is 3. The summed E-state index contributed by atoms with van der Waals surface area (Å²) in [6.07, 6.45) is 4.87. The van der Waals surface area contributed by atoms with Crippen LogP contribution in [0.3, 0.4) is 0 Å². The molecule has 0 bridgehead atoms. The van der Waals surface area contributed by atoms with Gasteiger partial charge in [0.1, 0.15) is 11.3 Å². The number of aromatic nitrogens is 3. The lowest BCUT2D eigenvalue weighted by atomic mass is 10.2. The van der Waals surface area contributed by atoms with Gasteiger partial charge in [0.2, 0.25) is 0 Å². The number of hydrogen-bond donors (Lipinski definition) is 1. The van der Waals surface area contributed by atoms with Gasteiger partial charge in [-0.25, -0.2) is 9.97 Å². The summed E-state index contributed by atoms with van der Waals surface area (Å²) in [7, 11) is 0. The first-order valence-corrected chi connectivity index (χ1v) is 7.56. The Balaban J connectivity index is 2.07. The van der Waals surface area contributed by atoms with Gasteiger partial charge in [0.25, 0.3) is 0 Å². The smallest absolute Gasteiger partial charge is 0.160 e. The summed E-state index contributed by atoms with van der Waals surface area (Å²) in [6.45, 7) is 0.142. The molecule has 4 nitrogen and oxygen atoms in total. The molecule has 0 aromatic carbocycles. The number of fused-ring (bicyclic) bond motifs is 1. The Labute approximate surface area is 110 Å². The van der Waals surface area contributed by atoms with Crippen LogP contribution in [0, 0.1) is 0 Å². The van der Waals surface area contributed by atoms with Gasteiger partial charge in [0, 0.05) is 24.4 Å². The normalized spacial score (nSPS) is 20.4. The van der Waals surface area contributed by atoms with Crippen LogP contribution in [-0.2, 0) is 6.42 Å². The zero-order valence-electron chi connectivity index (χ0n) is 10.2. The lowest BCUT2D eigenvalue weighted by Crippen LogP contribution is -2.19. The van der Waals surface area contributed by atoms with Gasteiger partial charge in [0.05, 0.1) is 6.61 Å². The van der Waals surface area contributed by atoms with Crippen LogP contribution in [0.2, 0.25) is 0 Å². The molecule has 1 aliphatic rings. The van der Waals surface area contributed by atoms with Crippen LogP contribution >= 0.6 is 11.8 Å². The van der Waals surface area contributed by atoms with Crippen molar-refractivity contribution in [3.63, 3.8) is 0 Å². The first kappa shape index (κ1) is 12.0. The highest BCUT2D eigenvalue weighted by Crippen LogP contribution is 2.30. The second-order valence-electron chi connectivity index (χ2n) is 4.59. The average Bonchev–Trinajstić information content (AvgIpc) is 2.78. The highest BCUT2D eigenvalue weighted by Gasteiger charge is 2.21. The van der Waals surface area contributed by atoms with Gasteiger partial charge in [-0.05, 0) is 30.7 Å². The predicted molar refractivity (Wildman–Crippen MR) is 73.9 cm³/mol. The van der Waals surface area contributed by atoms with Gasteiger partial charge in [0.15, 0.2) is 5.65 Å². The predicted octanol–water partition coefficient (Wildman–Crippen LogP) is 2.03. The molecule has 0 spiro atoms. The number of imidazole rings is 1. The van der Waals surface area contributed by atoms with Gasteiger partial charge < -0.3 is 9.67 Å². The van der Waals surface area contributed by atoms with Crippen LogP contribution in [0.4, 0.5) is 0 Å². The van der Waals surface area contributed by atoms with Crippen molar-refractivity contribution in [2.45, 2.75) is 25.3 Å². The van der Waals surface area contributed by atoms with E-state index in [1.165, 1.54) is 18.6 Å². The molecule has 3 rings (SSSR count). The maximum absolute atomic E-state index is 9.19. The Morgan fingerprint density at radius 2 is 2.44 bits per heavy atom. The second kappa shape index (κ2) is 5.28. The highest BCUT2D eigenvalue weighted by atomic mass is 32.2. The van der Waals surface area contributed by atoms with Crippen LogP contribution < -0.4 is 0 Å². The van der Waals surface area contributed by atoms with Crippen LogP contribution in [0.5, 0.6) is 0 Å². The zero-order chi connectivity index (χ0) is 12.4. The van der Waals surface area contributed by atoms with E-state index in [9.17, 15) is 5.11 Å². The summed E-state index contributed by atoms with van der Waals surface area (Å²) in [6, 6.07) is 4.39. The summed E-state index contributed by atoms with van der Waals surface area (Å²) in [4.78, 5) is 9.08. The number of aliphatic hydroxyl groups is 1. The second-order valence-corrected chi connectivity index (χ2v) is 5.74. The molecule has 1 saturated heterocycles. The summed E-state index contributed by atoms with van der Waals surface area (Å²) >= 11 is 2.00. The van der Waals surface area contributed by atoms with Crippen molar-refractivity contribution in [3.05, 3.63) is 24.2 Å². The van der Waals surface area contributed by atoms with E-state index in [2.05, 4.69) is 14.5 Å². The molecule has 1 atom stereocenters. The molecule has 1 aliphatic heterocycles. The molecule has 0 radical (unpaired) electrons. The van der Waals surface area contributed by atoms with Crippen LogP contribution in [0.25, 0.3) is 11.2 Å². The molecule has 3 heterocycles. The van der Waals surface area contributed by atoms with E-state index in [0.29, 0.717) is 12.5 Å². The van der Waals surface area contributed by atoms with Crippen LogP contribution in [-0.4, -0.2) is 37.8 Å². The Kier molecular flexibility index (Phi) is 3.52. The Hall–Kier alpha value is -1.07. The minimum atomic E-state index is 0.142. The molecular formula is C13H17N3OS. The molecule has 1 fully saturated rings. The molecule has 0 saturated carbocycles. The molecule has 1 N–H and O–H groups in total. The zero-order valence-corrected chi connectivity index (χ0v) is 11.1. The Morgan fingerprint density at radius 1 is 1.50 bits per heavy atom.